The molecule has 3 rings (SSSR count). The number of halogens is 1. The lowest BCUT2D eigenvalue weighted by Gasteiger charge is -2.12. The highest BCUT2D eigenvalue weighted by Gasteiger charge is 2.11. The molecule has 1 amide bonds. The Kier molecular flexibility index (Phi) is 7.38. The van der Waals surface area contributed by atoms with Crippen molar-refractivity contribution in [3.05, 3.63) is 77.1 Å². The van der Waals surface area contributed by atoms with E-state index in [0.29, 0.717) is 22.3 Å². The van der Waals surface area contributed by atoms with Crippen molar-refractivity contribution >= 4 is 35.0 Å². The predicted molar refractivity (Wildman–Crippen MR) is 117 cm³/mol. The minimum Gasteiger partial charge on any atom is -0.491 e. The Hall–Kier alpha value is -2.70. The average Bonchev–Trinajstić information content (AvgIpc) is 2.73. The van der Waals surface area contributed by atoms with Gasteiger partial charge < -0.3 is 14.8 Å². The topological polar surface area (TPSA) is 60.5 Å². The highest BCUT2D eigenvalue weighted by molar-refractivity contribution is 7.98. The number of amides is 1. The molecule has 1 aromatic heterocycles. The second kappa shape index (κ2) is 10.2. The molecule has 7 heteroatoms. The number of benzene rings is 2. The molecule has 0 radical (unpaired) electrons. The number of hydrogen-bond acceptors (Lipinski definition) is 5. The average molecular weight is 429 g/mol. The summed E-state index contributed by atoms with van der Waals surface area (Å²) in [5, 5.41) is 3.51. The van der Waals surface area contributed by atoms with Gasteiger partial charge in [0.15, 0.2) is 18.1 Å². The number of ether oxygens (including phenoxy) is 2. The summed E-state index contributed by atoms with van der Waals surface area (Å²) in [5.74, 6) is 1.36. The van der Waals surface area contributed by atoms with Gasteiger partial charge in [-0.3, -0.25) is 9.78 Å². The van der Waals surface area contributed by atoms with Gasteiger partial charge in [-0.1, -0.05) is 29.3 Å². The summed E-state index contributed by atoms with van der Waals surface area (Å²) in [6.45, 7) is 1.87. The van der Waals surface area contributed by atoms with Crippen LogP contribution in [0.2, 0.25) is 5.02 Å². The fourth-order valence-corrected chi connectivity index (χ4v) is 3.40. The van der Waals surface area contributed by atoms with Gasteiger partial charge in [0.25, 0.3) is 5.91 Å². The van der Waals surface area contributed by atoms with Crippen LogP contribution in [-0.4, -0.2) is 24.6 Å². The van der Waals surface area contributed by atoms with Crippen molar-refractivity contribution in [1.82, 2.24) is 4.98 Å². The van der Waals surface area contributed by atoms with E-state index >= 15 is 0 Å². The Bertz CT molecular complexity index is 963. The molecule has 1 N–H and O–H groups in total. The number of nitrogens with zero attached hydrogens (tertiary/aromatic N) is 1. The van der Waals surface area contributed by atoms with Crippen LogP contribution in [0.3, 0.4) is 0 Å². The van der Waals surface area contributed by atoms with Crippen LogP contribution in [0.15, 0.2) is 65.7 Å². The summed E-state index contributed by atoms with van der Waals surface area (Å²) in [6, 6.07) is 17.0. The largest absolute Gasteiger partial charge is 0.491 e. The van der Waals surface area contributed by atoms with Crippen molar-refractivity contribution in [2.75, 3.05) is 19.0 Å². The van der Waals surface area contributed by atoms with Gasteiger partial charge in [-0.05, 0) is 43.3 Å². The third kappa shape index (κ3) is 6.41. The smallest absolute Gasteiger partial charge is 0.262 e. The van der Waals surface area contributed by atoms with Gasteiger partial charge in [-0.25, -0.2) is 0 Å². The van der Waals surface area contributed by atoms with E-state index in [2.05, 4.69) is 10.3 Å². The molecule has 0 unspecified atom stereocenters. The summed E-state index contributed by atoms with van der Waals surface area (Å²) < 4.78 is 11.0. The zero-order chi connectivity index (χ0) is 20.6. The monoisotopic (exact) mass is 428 g/mol. The number of methoxy groups -OCH3 is 1. The number of anilines is 1. The SMILES string of the molecule is COc1cnc(CSc2ccc(Cl)cc2)cc1OCC(=O)Nc1ccc(C)cc1. The van der Waals surface area contributed by atoms with Gasteiger partial charge in [-0.2, -0.15) is 0 Å². The molecule has 2 aromatic carbocycles. The Morgan fingerprint density at radius 3 is 2.52 bits per heavy atom. The molecule has 3 aromatic rings. The van der Waals surface area contributed by atoms with E-state index in [1.54, 1.807) is 31.1 Å². The van der Waals surface area contributed by atoms with Crippen LogP contribution in [0, 0.1) is 6.92 Å². The van der Waals surface area contributed by atoms with Crippen molar-refractivity contribution in [2.45, 2.75) is 17.6 Å². The molecule has 0 atom stereocenters. The summed E-state index contributed by atoms with van der Waals surface area (Å²) >= 11 is 7.55. The Morgan fingerprint density at radius 1 is 1.10 bits per heavy atom. The molecular formula is C22H21ClN2O3S. The van der Waals surface area contributed by atoms with E-state index in [0.717, 1.165) is 21.8 Å². The molecule has 0 aliphatic carbocycles. The lowest BCUT2D eigenvalue weighted by atomic mass is 10.2. The maximum Gasteiger partial charge on any atom is 0.262 e. The van der Waals surface area contributed by atoms with Gasteiger partial charge in [0.2, 0.25) is 0 Å². The van der Waals surface area contributed by atoms with Crippen molar-refractivity contribution in [3.8, 4) is 11.5 Å². The molecule has 150 valence electrons. The number of thioether (sulfide) groups is 1. The lowest BCUT2D eigenvalue weighted by Crippen LogP contribution is -2.20. The third-order valence-electron chi connectivity index (χ3n) is 4.00. The molecule has 0 fully saturated rings. The Labute approximate surface area is 179 Å². The Morgan fingerprint density at radius 2 is 1.83 bits per heavy atom. The molecule has 0 bridgehead atoms. The highest BCUT2D eigenvalue weighted by Crippen LogP contribution is 2.30. The second-order valence-electron chi connectivity index (χ2n) is 6.27. The first-order chi connectivity index (χ1) is 14.0. The van der Waals surface area contributed by atoms with Crippen LogP contribution in [0.1, 0.15) is 11.3 Å². The second-order valence-corrected chi connectivity index (χ2v) is 7.76. The van der Waals surface area contributed by atoms with Crippen molar-refractivity contribution in [1.29, 1.82) is 0 Å². The molecule has 0 saturated carbocycles. The van der Waals surface area contributed by atoms with Gasteiger partial charge in [0, 0.05) is 27.4 Å². The molecule has 0 saturated heterocycles. The first-order valence-electron chi connectivity index (χ1n) is 8.94. The van der Waals surface area contributed by atoms with E-state index in [-0.39, 0.29) is 12.5 Å². The van der Waals surface area contributed by atoms with E-state index in [1.807, 2.05) is 55.5 Å². The molecule has 29 heavy (non-hydrogen) atoms. The minimum absolute atomic E-state index is 0.127. The summed E-state index contributed by atoms with van der Waals surface area (Å²) in [4.78, 5) is 17.7. The van der Waals surface area contributed by atoms with Gasteiger partial charge in [0.05, 0.1) is 19.0 Å². The highest BCUT2D eigenvalue weighted by atomic mass is 35.5. The van der Waals surface area contributed by atoms with Crippen molar-refractivity contribution in [2.24, 2.45) is 0 Å². The normalized spacial score (nSPS) is 10.4. The lowest BCUT2D eigenvalue weighted by molar-refractivity contribution is -0.118. The van der Waals surface area contributed by atoms with Crippen LogP contribution in [-0.2, 0) is 10.5 Å². The van der Waals surface area contributed by atoms with E-state index < -0.39 is 0 Å². The quantitative estimate of drug-likeness (QED) is 0.489. The van der Waals surface area contributed by atoms with E-state index in [1.165, 1.54) is 0 Å². The number of hydrogen-bond donors (Lipinski definition) is 1. The fourth-order valence-electron chi connectivity index (χ4n) is 2.48. The van der Waals surface area contributed by atoms with E-state index in [4.69, 9.17) is 21.1 Å². The van der Waals surface area contributed by atoms with Gasteiger partial charge >= 0.3 is 0 Å². The third-order valence-corrected chi connectivity index (χ3v) is 5.30. The number of pyridine rings is 1. The number of nitrogens with one attached hydrogen (secondary N) is 1. The maximum absolute atomic E-state index is 12.2. The number of carbonyl (C=O) groups excluding carboxylic acids is 1. The van der Waals surface area contributed by atoms with Crippen molar-refractivity contribution in [3.63, 3.8) is 0 Å². The number of carbonyl (C=O) groups is 1. The Balaban J connectivity index is 1.59. The maximum atomic E-state index is 12.2. The van der Waals surface area contributed by atoms with Crippen LogP contribution < -0.4 is 14.8 Å². The molecular weight excluding hydrogens is 408 g/mol. The summed E-state index contributed by atoms with van der Waals surface area (Å²) in [5.41, 5.74) is 2.68. The van der Waals surface area contributed by atoms with Gasteiger partial charge in [-0.15, -0.1) is 11.8 Å². The van der Waals surface area contributed by atoms with Crippen LogP contribution in [0.25, 0.3) is 0 Å². The molecule has 1 heterocycles. The first kappa shape index (κ1) is 21.0. The van der Waals surface area contributed by atoms with Crippen LogP contribution >= 0.6 is 23.4 Å². The van der Waals surface area contributed by atoms with Crippen molar-refractivity contribution < 1.29 is 14.3 Å². The van der Waals surface area contributed by atoms with Crippen LogP contribution in [0.4, 0.5) is 5.69 Å². The zero-order valence-electron chi connectivity index (χ0n) is 16.1. The van der Waals surface area contributed by atoms with Gasteiger partial charge in [0.1, 0.15) is 0 Å². The number of aromatic nitrogens is 1. The fraction of sp³-hybridized carbons (Fsp3) is 0.182. The number of aryl methyl sites for hydroxylation is 1. The molecule has 5 nitrogen and oxygen atoms in total. The number of rotatable bonds is 8. The summed E-state index contributed by atoms with van der Waals surface area (Å²) in [7, 11) is 1.54. The molecule has 0 aliphatic heterocycles. The first-order valence-corrected chi connectivity index (χ1v) is 10.3. The van der Waals surface area contributed by atoms with Crippen LogP contribution in [0.5, 0.6) is 11.5 Å². The summed E-state index contributed by atoms with van der Waals surface area (Å²) in [6.07, 6.45) is 1.60. The zero-order valence-corrected chi connectivity index (χ0v) is 17.7. The van der Waals surface area contributed by atoms with E-state index in [9.17, 15) is 4.79 Å². The predicted octanol–water partition coefficient (Wildman–Crippen LogP) is 5.36. The standard InChI is InChI=1S/C22H21ClN2O3S/c1-15-3-7-17(8-4-15)25-22(26)13-28-20-11-18(24-12-21(20)27-2)14-29-19-9-5-16(23)6-10-19/h3-12H,13-14H2,1-2H3,(H,25,26). The molecule has 0 spiro atoms. The molecule has 0 aliphatic rings. The minimum atomic E-state index is -0.246.